The molecule has 8 heteroatoms. The number of carboxylic acid groups (broad SMARTS) is 1. The lowest BCUT2D eigenvalue weighted by molar-refractivity contribution is -0.129. The number of halogens is 2. The van der Waals surface area contributed by atoms with E-state index in [0.29, 0.717) is 24.9 Å². The minimum absolute atomic E-state index is 0.269. The zero-order chi connectivity index (χ0) is 24.9. The summed E-state index contributed by atoms with van der Waals surface area (Å²) < 4.78 is 0. The second-order valence-corrected chi connectivity index (χ2v) is 9.32. The number of imide groups is 1. The van der Waals surface area contributed by atoms with Gasteiger partial charge in [-0.1, -0.05) is 89.9 Å². The first-order chi connectivity index (χ1) is 16.9. The number of amides is 2. The second-order valence-electron chi connectivity index (χ2n) is 8.51. The van der Waals surface area contributed by atoms with E-state index in [2.05, 4.69) is 0 Å². The number of hydrogen-bond acceptors (Lipinski definition) is 4. The largest absolute Gasteiger partial charge is 0.465 e. The molecule has 3 aromatic rings. The Kier molecular flexibility index (Phi) is 8.08. The van der Waals surface area contributed by atoms with Crippen LogP contribution >= 0.6 is 23.2 Å². The SMILES string of the molecule is O=C(O)N1C(=O)[C@H](c2c(Cl)cccc2Cl)N(CCc2ccccc2)[C@H]1[C@@H](O)CCc1ccccc1. The average Bonchev–Trinajstić information content (AvgIpc) is 3.14. The number of aryl methyl sites for hydroxylation is 1. The Morgan fingerprint density at radius 1 is 0.857 bits per heavy atom. The fourth-order valence-electron chi connectivity index (χ4n) is 4.64. The van der Waals surface area contributed by atoms with Gasteiger partial charge in [-0.2, -0.15) is 0 Å². The highest BCUT2D eigenvalue weighted by atomic mass is 35.5. The van der Waals surface area contributed by atoms with Crippen molar-refractivity contribution >= 4 is 35.2 Å². The van der Waals surface area contributed by atoms with Crippen molar-refractivity contribution in [3.05, 3.63) is 106 Å². The summed E-state index contributed by atoms with van der Waals surface area (Å²) in [4.78, 5) is 28.2. The quantitative estimate of drug-likeness (QED) is 0.421. The highest BCUT2D eigenvalue weighted by Gasteiger charge is 2.53. The van der Waals surface area contributed by atoms with E-state index in [1.807, 2.05) is 60.7 Å². The van der Waals surface area contributed by atoms with Crippen molar-refractivity contribution in [3.8, 4) is 0 Å². The standard InChI is InChI=1S/C27H26Cl2N2O4/c28-20-12-7-13-21(29)23(20)24-26(33)31(27(34)35)25(22(32)15-14-18-8-3-1-4-9-18)30(24)17-16-19-10-5-2-6-11-19/h1-13,22,24-25,32H,14-17H2,(H,34,35)/t22-,24-,25+/m0/s1. The van der Waals surface area contributed by atoms with Gasteiger partial charge in [0.25, 0.3) is 5.91 Å². The Hall–Kier alpha value is -2.90. The molecule has 0 saturated carbocycles. The first-order valence-corrected chi connectivity index (χ1v) is 12.2. The van der Waals surface area contributed by atoms with Crippen LogP contribution < -0.4 is 0 Å². The molecule has 0 bridgehead atoms. The minimum Gasteiger partial charge on any atom is -0.465 e. The number of carbonyl (C=O) groups excluding carboxylic acids is 1. The van der Waals surface area contributed by atoms with Crippen molar-refractivity contribution < 1.29 is 19.8 Å². The van der Waals surface area contributed by atoms with Gasteiger partial charge in [0.05, 0.1) is 6.10 Å². The third-order valence-corrected chi connectivity index (χ3v) is 6.96. The van der Waals surface area contributed by atoms with Crippen molar-refractivity contribution in [3.63, 3.8) is 0 Å². The summed E-state index contributed by atoms with van der Waals surface area (Å²) in [7, 11) is 0. The Labute approximate surface area is 214 Å². The summed E-state index contributed by atoms with van der Waals surface area (Å²) in [5, 5.41) is 21.8. The fourth-order valence-corrected chi connectivity index (χ4v) is 5.24. The van der Waals surface area contributed by atoms with Crippen LogP contribution in [0.2, 0.25) is 10.0 Å². The van der Waals surface area contributed by atoms with Gasteiger partial charge in [0.2, 0.25) is 0 Å². The summed E-state index contributed by atoms with van der Waals surface area (Å²) in [5.41, 5.74) is 2.38. The molecule has 1 aliphatic heterocycles. The number of aliphatic hydroxyl groups excluding tert-OH is 1. The fraction of sp³-hybridized carbons (Fsp3) is 0.259. The number of carbonyl (C=O) groups is 2. The van der Waals surface area contributed by atoms with Crippen LogP contribution in [0.4, 0.5) is 4.79 Å². The molecule has 1 saturated heterocycles. The lowest BCUT2D eigenvalue weighted by atomic mass is 10.0. The predicted octanol–water partition coefficient (Wildman–Crippen LogP) is 5.42. The van der Waals surface area contributed by atoms with E-state index in [9.17, 15) is 19.8 Å². The van der Waals surface area contributed by atoms with E-state index in [1.54, 1.807) is 23.1 Å². The first kappa shape index (κ1) is 25.2. The average molecular weight is 513 g/mol. The van der Waals surface area contributed by atoms with E-state index in [1.165, 1.54) is 0 Å². The molecule has 1 fully saturated rings. The first-order valence-electron chi connectivity index (χ1n) is 11.4. The van der Waals surface area contributed by atoms with Crippen molar-refractivity contribution in [2.75, 3.05) is 6.54 Å². The highest BCUT2D eigenvalue weighted by molar-refractivity contribution is 6.36. The predicted molar refractivity (Wildman–Crippen MR) is 135 cm³/mol. The van der Waals surface area contributed by atoms with Gasteiger partial charge in [0, 0.05) is 22.2 Å². The molecular formula is C27H26Cl2N2O4. The normalized spacial score (nSPS) is 19.2. The van der Waals surface area contributed by atoms with Crippen molar-refractivity contribution in [1.29, 1.82) is 0 Å². The monoisotopic (exact) mass is 512 g/mol. The lowest BCUT2D eigenvalue weighted by Crippen LogP contribution is -2.50. The smallest absolute Gasteiger partial charge is 0.415 e. The van der Waals surface area contributed by atoms with Gasteiger partial charge in [-0.3, -0.25) is 9.69 Å². The van der Waals surface area contributed by atoms with E-state index >= 15 is 0 Å². The Morgan fingerprint density at radius 3 is 1.94 bits per heavy atom. The minimum atomic E-state index is -1.42. The molecule has 2 amide bonds. The zero-order valence-electron chi connectivity index (χ0n) is 18.9. The lowest BCUT2D eigenvalue weighted by Gasteiger charge is -2.33. The molecule has 0 aromatic heterocycles. The van der Waals surface area contributed by atoms with E-state index in [0.717, 1.165) is 16.0 Å². The van der Waals surface area contributed by atoms with Crippen LogP contribution in [-0.4, -0.2) is 50.8 Å². The van der Waals surface area contributed by atoms with Gasteiger partial charge in [-0.25, -0.2) is 9.69 Å². The van der Waals surface area contributed by atoms with Gasteiger partial charge >= 0.3 is 6.09 Å². The second kappa shape index (κ2) is 11.2. The third kappa shape index (κ3) is 5.52. The molecule has 1 aliphatic rings. The summed E-state index contributed by atoms with van der Waals surface area (Å²) >= 11 is 12.9. The zero-order valence-corrected chi connectivity index (χ0v) is 20.4. The van der Waals surface area contributed by atoms with Crippen LogP contribution in [0.1, 0.15) is 29.2 Å². The number of hydrogen-bond donors (Lipinski definition) is 2. The maximum absolute atomic E-state index is 13.5. The molecule has 0 unspecified atom stereocenters. The number of benzene rings is 3. The van der Waals surface area contributed by atoms with Gasteiger partial charge in [-0.05, 0) is 42.5 Å². The van der Waals surface area contributed by atoms with Crippen LogP contribution in [0.3, 0.4) is 0 Å². The highest BCUT2D eigenvalue weighted by Crippen LogP contribution is 2.42. The summed E-state index contributed by atoms with van der Waals surface area (Å²) in [6, 6.07) is 23.2. The molecule has 0 aliphatic carbocycles. The molecule has 35 heavy (non-hydrogen) atoms. The molecule has 6 nitrogen and oxygen atoms in total. The number of aliphatic hydroxyl groups is 1. The van der Waals surface area contributed by atoms with Crippen LogP contribution in [0, 0.1) is 0 Å². The number of rotatable bonds is 8. The Morgan fingerprint density at radius 2 is 1.40 bits per heavy atom. The van der Waals surface area contributed by atoms with Gasteiger partial charge in [0.15, 0.2) is 0 Å². The molecular weight excluding hydrogens is 487 g/mol. The summed E-state index contributed by atoms with van der Waals surface area (Å²) in [5.74, 6) is -0.677. The maximum atomic E-state index is 13.5. The molecule has 3 aromatic carbocycles. The molecule has 0 radical (unpaired) electrons. The van der Waals surface area contributed by atoms with E-state index < -0.39 is 30.3 Å². The Balaban J connectivity index is 1.70. The van der Waals surface area contributed by atoms with E-state index in [-0.39, 0.29) is 16.5 Å². The molecule has 3 atom stereocenters. The van der Waals surface area contributed by atoms with Crippen LogP contribution in [0.15, 0.2) is 78.9 Å². The molecule has 4 rings (SSSR count). The van der Waals surface area contributed by atoms with E-state index in [4.69, 9.17) is 23.2 Å². The maximum Gasteiger partial charge on any atom is 0.415 e. The van der Waals surface area contributed by atoms with Crippen molar-refractivity contribution in [2.24, 2.45) is 0 Å². The molecule has 182 valence electrons. The van der Waals surface area contributed by atoms with Crippen LogP contribution in [0.25, 0.3) is 0 Å². The van der Waals surface area contributed by atoms with Crippen LogP contribution in [-0.2, 0) is 17.6 Å². The van der Waals surface area contributed by atoms with Gasteiger partial charge in [0.1, 0.15) is 12.2 Å². The number of nitrogens with zero attached hydrogens (tertiary/aromatic N) is 2. The topological polar surface area (TPSA) is 81.1 Å². The summed E-state index contributed by atoms with van der Waals surface area (Å²) in [6.45, 7) is 0.318. The van der Waals surface area contributed by atoms with Crippen LogP contribution in [0.5, 0.6) is 0 Å². The van der Waals surface area contributed by atoms with Crippen molar-refractivity contribution in [1.82, 2.24) is 9.80 Å². The third-order valence-electron chi connectivity index (χ3n) is 6.30. The Bertz CT molecular complexity index is 1160. The van der Waals surface area contributed by atoms with Gasteiger partial charge in [-0.15, -0.1) is 0 Å². The summed E-state index contributed by atoms with van der Waals surface area (Å²) in [6.07, 6.45) is -2.26. The molecule has 1 heterocycles. The molecule has 2 N–H and O–H groups in total. The van der Waals surface area contributed by atoms with Crippen molar-refractivity contribution in [2.45, 2.75) is 37.6 Å². The molecule has 0 spiro atoms. The van der Waals surface area contributed by atoms with Gasteiger partial charge < -0.3 is 10.2 Å².